The molecular formula is C25H27N5O3. The van der Waals surface area contributed by atoms with E-state index < -0.39 is 12.0 Å². The molecule has 170 valence electrons. The summed E-state index contributed by atoms with van der Waals surface area (Å²) >= 11 is 0. The van der Waals surface area contributed by atoms with Crippen LogP contribution in [0.5, 0.6) is 0 Å². The number of aromatic amines is 1. The molecule has 2 heterocycles. The zero-order chi connectivity index (χ0) is 23.4. The number of carboxylic acids is 1. The minimum atomic E-state index is -0.886. The van der Waals surface area contributed by atoms with Gasteiger partial charge in [-0.2, -0.15) is 0 Å². The lowest BCUT2D eigenvalue weighted by molar-refractivity contribution is -0.137. The van der Waals surface area contributed by atoms with E-state index in [1.807, 2.05) is 51.1 Å². The Kier molecular flexibility index (Phi) is 6.44. The van der Waals surface area contributed by atoms with Gasteiger partial charge in [-0.3, -0.25) is 0 Å². The first-order chi connectivity index (χ1) is 15.9. The number of aliphatic carboxylic acids is 1. The second-order valence-electron chi connectivity index (χ2n) is 8.18. The molecule has 0 amide bonds. The molecule has 33 heavy (non-hydrogen) atoms. The van der Waals surface area contributed by atoms with Crippen LogP contribution in [0.15, 0.2) is 59.4 Å². The maximum atomic E-state index is 11.9. The van der Waals surface area contributed by atoms with E-state index in [-0.39, 0.29) is 0 Å². The number of hydrogen-bond acceptors (Lipinski definition) is 6. The van der Waals surface area contributed by atoms with Crippen LogP contribution in [-0.2, 0) is 17.8 Å². The number of hydrogen-bond donors (Lipinski definition) is 4. The Labute approximate surface area is 192 Å². The van der Waals surface area contributed by atoms with E-state index in [0.29, 0.717) is 24.7 Å². The molecule has 0 saturated carbocycles. The van der Waals surface area contributed by atoms with Gasteiger partial charge in [0, 0.05) is 36.1 Å². The molecule has 4 N–H and O–H groups in total. The number of imidazole rings is 1. The van der Waals surface area contributed by atoms with E-state index in [1.54, 1.807) is 12.4 Å². The summed E-state index contributed by atoms with van der Waals surface area (Å²) in [6, 6.07) is 13.0. The minimum Gasteiger partial charge on any atom is -0.480 e. The van der Waals surface area contributed by atoms with Gasteiger partial charge in [-0.1, -0.05) is 47.1 Å². The first-order valence-electron chi connectivity index (χ1n) is 10.7. The largest absolute Gasteiger partial charge is 0.480 e. The van der Waals surface area contributed by atoms with Crippen molar-refractivity contribution in [3.8, 4) is 11.3 Å². The molecule has 0 bridgehead atoms. The van der Waals surface area contributed by atoms with Gasteiger partial charge in [0.25, 0.3) is 0 Å². The van der Waals surface area contributed by atoms with Crippen molar-refractivity contribution in [3.05, 3.63) is 82.9 Å². The van der Waals surface area contributed by atoms with Gasteiger partial charge in [-0.25, -0.2) is 9.78 Å². The van der Waals surface area contributed by atoms with Crippen LogP contribution in [0.25, 0.3) is 11.3 Å². The number of aromatic nitrogens is 3. The number of carbonyl (C=O) groups is 1. The van der Waals surface area contributed by atoms with Gasteiger partial charge >= 0.3 is 5.97 Å². The summed E-state index contributed by atoms with van der Waals surface area (Å²) in [5.41, 5.74) is 6.65. The molecule has 4 aromatic rings. The topological polar surface area (TPSA) is 116 Å². The molecule has 1 atom stereocenters. The monoisotopic (exact) mass is 445 g/mol. The van der Waals surface area contributed by atoms with Crippen molar-refractivity contribution < 1.29 is 14.4 Å². The summed E-state index contributed by atoms with van der Waals surface area (Å²) in [5.74, 6) is 0.461. The summed E-state index contributed by atoms with van der Waals surface area (Å²) in [6.07, 6.45) is 3.77. The number of carboxylic acid groups (broad SMARTS) is 1. The summed E-state index contributed by atoms with van der Waals surface area (Å²) in [6.45, 7) is 6.48. The Hall–Kier alpha value is -4.07. The van der Waals surface area contributed by atoms with Crippen LogP contribution in [0.2, 0.25) is 0 Å². The van der Waals surface area contributed by atoms with Gasteiger partial charge in [0.15, 0.2) is 11.7 Å². The molecule has 0 aliphatic carbocycles. The van der Waals surface area contributed by atoms with Crippen LogP contribution in [0.1, 0.15) is 28.0 Å². The van der Waals surface area contributed by atoms with Crippen molar-refractivity contribution in [2.45, 2.75) is 39.8 Å². The zero-order valence-electron chi connectivity index (χ0n) is 18.8. The van der Waals surface area contributed by atoms with Gasteiger partial charge in [-0.15, -0.1) is 0 Å². The molecule has 0 spiro atoms. The molecule has 0 fully saturated rings. The van der Waals surface area contributed by atoms with Crippen molar-refractivity contribution in [2.75, 3.05) is 10.6 Å². The fraction of sp³-hybridized carbons (Fsp3) is 0.240. The number of anilines is 2. The summed E-state index contributed by atoms with van der Waals surface area (Å²) in [4.78, 5) is 19.0. The number of H-pyrrole nitrogens is 1. The lowest BCUT2D eigenvalue weighted by atomic mass is 10.0. The molecule has 8 nitrogen and oxygen atoms in total. The molecule has 0 saturated heterocycles. The molecule has 8 heteroatoms. The van der Waals surface area contributed by atoms with E-state index in [1.165, 1.54) is 0 Å². The second-order valence-corrected chi connectivity index (χ2v) is 8.18. The second kappa shape index (κ2) is 9.60. The number of rotatable bonds is 9. The standard InChI is InChI=1S/C25H27N5O3/c1-15-10-16(2)23(17(3)11-15)29-22(24(31)32)12-18-4-6-19(7-5-18)21-13-20(33-30-21)14-28-25-26-8-9-27-25/h4-11,13,22,29H,12,14H2,1-3H3,(H,31,32)(H2,26,27,28). The molecule has 1 unspecified atom stereocenters. The Morgan fingerprint density at radius 2 is 1.85 bits per heavy atom. The molecule has 4 rings (SSSR count). The molecule has 0 radical (unpaired) electrons. The van der Waals surface area contributed by atoms with Crippen LogP contribution >= 0.6 is 0 Å². The first kappa shape index (κ1) is 22.1. The third-order valence-electron chi connectivity index (χ3n) is 5.47. The highest BCUT2D eigenvalue weighted by Gasteiger charge is 2.20. The van der Waals surface area contributed by atoms with Crippen LogP contribution in [0.4, 0.5) is 11.6 Å². The van der Waals surface area contributed by atoms with Crippen LogP contribution in [0.3, 0.4) is 0 Å². The molecule has 2 aromatic heterocycles. The molecule has 0 aliphatic rings. The Morgan fingerprint density at radius 1 is 1.12 bits per heavy atom. The SMILES string of the molecule is Cc1cc(C)c(NC(Cc2ccc(-c3cc(CNc4ncc[nH]4)on3)cc2)C(=O)O)c(C)c1. The van der Waals surface area contributed by atoms with Crippen molar-refractivity contribution in [1.82, 2.24) is 15.1 Å². The number of nitrogens with one attached hydrogen (secondary N) is 3. The van der Waals surface area contributed by atoms with E-state index in [4.69, 9.17) is 4.52 Å². The highest BCUT2D eigenvalue weighted by molar-refractivity contribution is 5.79. The van der Waals surface area contributed by atoms with Gasteiger partial charge in [0.1, 0.15) is 11.7 Å². The smallest absolute Gasteiger partial charge is 0.326 e. The van der Waals surface area contributed by atoms with E-state index in [0.717, 1.165) is 39.2 Å². The van der Waals surface area contributed by atoms with Crippen molar-refractivity contribution in [1.29, 1.82) is 0 Å². The fourth-order valence-electron chi connectivity index (χ4n) is 3.89. The fourth-order valence-corrected chi connectivity index (χ4v) is 3.89. The number of benzene rings is 2. The van der Waals surface area contributed by atoms with Crippen LogP contribution in [-0.4, -0.2) is 32.2 Å². The summed E-state index contributed by atoms with van der Waals surface area (Å²) < 4.78 is 5.40. The van der Waals surface area contributed by atoms with Crippen molar-refractivity contribution >= 4 is 17.6 Å². The average molecular weight is 446 g/mol. The number of aryl methyl sites for hydroxylation is 3. The first-order valence-corrected chi connectivity index (χ1v) is 10.7. The molecule has 2 aromatic carbocycles. The normalized spacial score (nSPS) is 11.8. The third-order valence-corrected chi connectivity index (χ3v) is 5.47. The summed E-state index contributed by atoms with van der Waals surface area (Å²) in [5, 5.41) is 20.3. The van der Waals surface area contributed by atoms with E-state index in [2.05, 4.69) is 37.9 Å². The molecular weight excluding hydrogens is 418 g/mol. The van der Waals surface area contributed by atoms with Crippen molar-refractivity contribution in [2.24, 2.45) is 0 Å². The van der Waals surface area contributed by atoms with E-state index in [9.17, 15) is 9.90 Å². The van der Waals surface area contributed by atoms with Gasteiger partial charge in [0.05, 0.1) is 6.54 Å². The third kappa shape index (κ3) is 5.41. The maximum absolute atomic E-state index is 11.9. The summed E-state index contributed by atoms with van der Waals surface area (Å²) in [7, 11) is 0. The van der Waals surface area contributed by atoms with Crippen molar-refractivity contribution in [3.63, 3.8) is 0 Å². The lowest BCUT2D eigenvalue weighted by Gasteiger charge is -2.20. The van der Waals surface area contributed by atoms with Gasteiger partial charge < -0.3 is 25.2 Å². The van der Waals surface area contributed by atoms with E-state index >= 15 is 0 Å². The quantitative estimate of drug-likeness (QED) is 0.295. The Morgan fingerprint density at radius 3 is 2.48 bits per heavy atom. The molecule has 0 aliphatic heterocycles. The number of nitrogens with zero attached hydrogens (tertiary/aromatic N) is 2. The predicted octanol–water partition coefficient (Wildman–Crippen LogP) is 4.71. The Bertz CT molecular complexity index is 1210. The van der Waals surface area contributed by atoms with Gasteiger partial charge in [-0.05, 0) is 37.5 Å². The Balaban J connectivity index is 1.42. The average Bonchev–Trinajstić information content (AvgIpc) is 3.46. The predicted molar refractivity (Wildman–Crippen MR) is 127 cm³/mol. The maximum Gasteiger partial charge on any atom is 0.326 e. The van der Waals surface area contributed by atoms with Crippen LogP contribution in [0, 0.1) is 20.8 Å². The van der Waals surface area contributed by atoms with Crippen LogP contribution < -0.4 is 10.6 Å². The van der Waals surface area contributed by atoms with Gasteiger partial charge in [0.2, 0.25) is 0 Å². The highest BCUT2D eigenvalue weighted by atomic mass is 16.5. The lowest BCUT2D eigenvalue weighted by Crippen LogP contribution is -2.32. The highest BCUT2D eigenvalue weighted by Crippen LogP contribution is 2.25. The minimum absolute atomic E-state index is 0.361. The zero-order valence-corrected chi connectivity index (χ0v) is 18.8.